The number of benzene rings is 2. The smallest absolute Gasteiger partial charge is 0.119 e. The van der Waals surface area contributed by atoms with Gasteiger partial charge in [-0.1, -0.05) is 11.8 Å². The number of ether oxygens (including phenoxy) is 2. The number of rotatable bonds is 8. The Bertz CT molecular complexity index is 479. The summed E-state index contributed by atoms with van der Waals surface area (Å²) in [6, 6.07) is 16.0. The van der Waals surface area contributed by atoms with Crippen molar-refractivity contribution in [3.05, 3.63) is 48.5 Å². The molecule has 0 aromatic heterocycles. The molecule has 0 amide bonds. The summed E-state index contributed by atoms with van der Waals surface area (Å²) in [5.74, 6) is 1.69. The molecule has 0 aliphatic heterocycles. The van der Waals surface area contributed by atoms with Gasteiger partial charge in [-0.2, -0.15) is 0 Å². The summed E-state index contributed by atoms with van der Waals surface area (Å²) in [7, 11) is 0. The largest absolute Gasteiger partial charge is 0.492 e. The third-order valence-corrected chi connectivity index (χ3v) is 3.67. The topological polar surface area (TPSA) is 70.5 Å². The van der Waals surface area contributed by atoms with Gasteiger partial charge in [0.2, 0.25) is 0 Å². The van der Waals surface area contributed by atoms with Crippen molar-refractivity contribution in [3.63, 3.8) is 0 Å². The summed E-state index contributed by atoms with van der Waals surface area (Å²) in [6.45, 7) is 2.12. The summed E-state index contributed by atoms with van der Waals surface area (Å²) < 4.78 is 10.9. The highest BCUT2D eigenvalue weighted by Gasteiger charge is 2.00. The summed E-state index contributed by atoms with van der Waals surface area (Å²) in [6.07, 6.45) is 0. The fourth-order valence-electron chi connectivity index (χ4n) is 1.70. The quantitative estimate of drug-likeness (QED) is 0.784. The standard InChI is InChI=1S/C16H20N2O2S/c17-9-11-19-13-1-5-15(6-2-13)21-16-7-3-14(4-8-16)20-12-10-18/h1-8H,9-12,17-18H2. The maximum atomic E-state index is 5.45. The first kappa shape index (κ1) is 15.7. The molecular formula is C16H20N2O2S. The van der Waals surface area contributed by atoms with Crippen LogP contribution in [0.2, 0.25) is 0 Å². The first-order chi connectivity index (χ1) is 10.3. The Morgan fingerprint density at radius 1 is 0.667 bits per heavy atom. The van der Waals surface area contributed by atoms with Crippen molar-refractivity contribution in [2.24, 2.45) is 11.5 Å². The minimum absolute atomic E-state index is 0.523. The van der Waals surface area contributed by atoms with Crippen LogP contribution < -0.4 is 20.9 Å². The molecule has 2 aromatic rings. The fourth-order valence-corrected chi connectivity index (χ4v) is 2.51. The number of hydrogen-bond acceptors (Lipinski definition) is 5. The van der Waals surface area contributed by atoms with E-state index < -0.39 is 0 Å². The van der Waals surface area contributed by atoms with E-state index in [1.165, 1.54) is 0 Å². The minimum Gasteiger partial charge on any atom is -0.492 e. The van der Waals surface area contributed by atoms with E-state index in [1.807, 2.05) is 48.5 Å². The van der Waals surface area contributed by atoms with Crippen molar-refractivity contribution in [1.29, 1.82) is 0 Å². The van der Waals surface area contributed by atoms with Crippen molar-refractivity contribution in [1.82, 2.24) is 0 Å². The second-order valence-corrected chi connectivity index (χ2v) is 5.47. The van der Waals surface area contributed by atoms with Crippen molar-refractivity contribution in [2.75, 3.05) is 26.3 Å². The van der Waals surface area contributed by atoms with Gasteiger partial charge < -0.3 is 20.9 Å². The zero-order valence-corrected chi connectivity index (χ0v) is 12.6. The molecular weight excluding hydrogens is 284 g/mol. The molecule has 0 fully saturated rings. The highest BCUT2D eigenvalue weighted by molar-refractivity contribution is 7.99. The van der Waals surface area contributed by atoms with Crippen molar-refractivity contribution < 1.29 is 9.47 Å². The SMILES string of the molecule is NCCOc1ccc(Sc2ccc(OCCN)cc2)cc1. The predicted octanol–water partition coefficient (Wildman–Crippen LogP) is 2.51. The molecule has 0 aliphatic carbocycles. The van der Waals surface area contributed by atoms with Crippen LogP contribution in [0.15, 0.2) is 58.3 Å². The van der Waals surface area contributed by atoms with Crippen LogP contribution >= 0.6 is 11.8 Å². The molecule has 4 N–H and O–H groups in total. The van der Waals surface area contributed by atoms with Crippen LogP contribution in [0.5, 0.6) is 11.5 Å². The molecule has 0 saturated heterocycles. The van der Waals surface area contributed by atoms with Crippen LogP contribution in [0.4, 0.5) is 0 Å². The molecule has 0 unspecified atom stereocenters. The van der Waals surface area contributed by atoms with Gasteiger partial charge >= 0.3 is 0 Å². The monoisotopic (exact) mass is 304 g/mol. The average Bonchev–Trinajstić information content (AvgIpc) is 2.53. The third kappa shape index (κ3) is 5.30. The van der Waals surface area contributed by atoms with Gasteiger partial charge in [0, 0.05) is 22.9 Å². The molecule has 0 atom stereocenters. The van der Waals surface area contributed by atoms with Crippen LogP contribution in [0.25, 0.3) is 0 Å². The van der Waals surface area contributed by atoms with Gasteiger partial charge in [0.15, 0.2) is 0 Å². The first-order valence-electron chi connectivity index (χ1n) is 6.85. The lowest BCUT2D eigenvalue weighted by atomic mass is 10.3. The maximum absolute atomic E-state index is 5.45. The third-order valence-electron chi connectivity index (χ3n) is 2.66. The summed E-state index contributed by atoms with van der Waals surface area (Å²) in [5.41, 5.74) is 10.8. The molecule has 0 aliphatic rings. The zero-order valence-electron chi connectivity index (χ0n) is 11.8. The molecule has 0 saturated carbocycles. The molecule has 112 valence electrons. The summed E-state index contributed by atoms with van der Waals surface area (Å²) >= 11 is 1.69. The van der Waals surface area contributed by atoms with Crippen molar-refractivity contribution in [3.8, 4) is 11.5 Å². The lowest BCUT2D eigenvalue weighted by molar-refractivity contribution is 0.328. The molecule has 21 heavy (non-hydrogen) atoms. The molecule has 0 heterocycles. The first-order valence-corrected chi connectivity index (χ1v) is 7.67. The van der Waals surface area contributed by atoms with Crippen LogP contribution in [-0.2, 0) is 0 Å². The zero-order chi connectivity index (χ0) is 14.9. The van der Waals surface area contributed by atoms with Gasteiger partial charge in [0.25, 0.3) is 0 Å². The highest BCUT2D eigenvalue weighted by atomic mass is 32.2. The van der Waals surface area contributed by atoms with E-state index in [0.717, 1.165) is 21.3 Å². The van der Waals surface area contributed by atoms with Crippen LogP contribution in [-0.4, -0.2) is 26.3 Å². The van der Waals surface area contributed by atoms with E-state index in [2.05, 4.69) is 0 Å². The summed E-state index contributed by atoms with van der Waals surface area (Å²) in [4.78, 5) is 2.32. The Kier molecular flexibility index (Phi) is 6.40. The second-order valence-electron chi connectivity index (χ2n) is 4.32. The van der Waals surface area contributed by atoms with E-state index in [0.29, 0.717) is 26.3 Å². The molecule has 4 nitrogen and oxygen atoms in total. The van der Waals surface area contributed by atoms with Gasteiger partial charge in [0.1, 0.15) is 24.7 Å². The Morgan fingerprint density at radius 2 is 1.05 bits per heavy atom. The lowest BCUT2D eigenvalue weighted by Crippen LogP contribution is -2.10. The van der Waals surface area contributed by atoms with Gasteiger partial charge in [0.05, 0.1) is 0 Å². The van der Waals surface area contributed by atoms with Crippen molar-refractivity contribution >= 4 is 11.8 Å². The van der Waals surface area contributed by atoms with E-state index in [9.17, 15) is 0 Å². The van der Waals surface area contributed by atoms with Gasteiger partial charge in [-0.25, -0.2) is 0 Å². The molecule has 2 aromatic carbocycles. The Labute approximate surface area is 129 Å². The minimum atomic E-state index is 0.523. The van der Waals surface area contributed by atoms with E-state index >= 15 is 0 Å². The molecule has 5 heteroatoms. The molecule has 0 bridgehead atoms. The molecule has 0 radical (unpaired) electrons. The average molecular weight is 304 g/mol. The Balaban J connectivity index is 1.91. The highest BCUT2D eigenvalue weighted by Crippen LogP contribution is 2.30. The van der Waals surface area contributed by atoms with Crippen LogP contribution in [0.3, 0.4) is 0 Å². The molecule has 0 spiro atoms. The van der Waals surface area contributed by atoms with Crippen LogP contribution in [0.1, 0.15) is 0 Å². The van der Waals surface area contributed by atoms with Crippen LogP contribution in [0, 0.1) is 0 Å². The van der Waals surface area contributed by atoms with E-state index in [-0.39, 0.29) is 0 Å². The molecule has 2 rings (SSSR count). The normalized spacial score (nSPS) is 10.4. The van der Waals surface area contributed by atoms with E-state index in [4.69, 9.17) is 20.9 Å². The Hall–Kier alpha value is -1.69. The number of hydrogen-bond donors (Lipinski definition) is 2. The lowest BCUT2D eigenvalue weighted by Gasteiger charge is -2.07. The fraction of sp³-hybridized carbons (Fsp3) is 0.250. The Morgan fingerprint density at radius 3 is 1.38 bits per heavy atom. The number of nitrogens with two attached hydrogens (primary N) is 2. The van der Waals surface area contributed by atoms with E-state index in [1.54, 1.807) is 11.8 Å². The second kappa shape index (κ2) is 8.56. The van der Waals surface area contributed by atoms with Gasteiger partial charge in [-0.15, -0.1) is 0 Å². The summed E-state index contributed by atoms with van der Waals surface area (Å²) in [5, 5.41) is 0. The van der Waals surface area contributed by atoms with Gasteiger partial charge in [-0.3, -0.25) is 0 Å². The maximum Gasteiger partial charge on any atom is 0.119 e. The van der Waals surface area contributed by atoms with Crippen molar-refractivity contribution in [2.45, 2.75) is 9.79 Å². The van der Waals surface area contributed by atoms with Gasteiger partial charge in [-0.05, 0) is 48.5 Å². The predicted molar refractivity (Wildman–Crippen MR) is 86.1 cm³/mol.